The number of nitrogens with one attached hydrogen (secondary N) is 2. The largest absolute Gasteiger partial charge is 0.393 e. The summed E-state index contributed by atoms with van der Waals surface area (Å²) in [5.74, 6) is 1.37. The molecule has 0 spiro atoms. The summed E-state index contributed by atoms with van der Waals surface area (Å²) in [7, 11) is 0. The number of hydrogen-bond donors (Lipinski definition) is 3. The maximum absolute atomic E-state index is 9.77. The molecule has 0 radical (unpaired) electrons. The van der Waals surface area contributed by atoms with E-state index in [0.717, 1.165) is 58.8 Å². The van der Waals surface area contributed by atoms with Crippen LogP contribution in [0.4, 0.5) is 17.5 Å². The van der Waals surface area contributed by atoms with Crippen LogP contribution in [0.5, 0.6) is 0 Å². The fraction of sp³-hybridized carbons (Fsp3) is 0.333. The summed E-state index contributed by atoms with van der Waals surface area (Å²) >= 11 is 1.63. The second kappa shape index (κ2) is 8.00. The Labute approximate surface area is 178 Å². The van der Waals surface area contributed by atoms with E-state index in [1.165, 1.54) is 0 Å². The van der Waals surface area contributed by atoms with E-state index in [0.29, 0.717) is 12.0 Å². The number of aromatic nitrogens is 5. The van der Waals surface area contributed by atoms with Crippen molar-refractivity contribution in [2.75, 3.05) is 10.6 Å². The van der Waals surface area contributed by atoms with Gasteiger partial charge in [0.1, 0.15) is 5.82 Å². The molecule has 4 heterocycles. The van der Waals surface area contributed by atoms with Gasteiger partial charge >= 0.3 is 0 Å². The highest BCUT2D eigenvalue weighted by Crippen LogP contribution is 2.31. The topological polar surface area (TPSA) is 101 Å². The minimum absolute atomic E-state index is 0.174. The van der Waals surface area contributed by atoms with Crippen LogP contribution < -0.4 is 10.6 Å². The molecule has 0 bridgehead atoms. The first-order chi connectivity index (χ1) is 14.7. The van der Waals surface area contributed by atoms with Crippen molar-refractivity contribution in [3.63, 3.8) is 0 Å². The molecule has 4 aromatic rings. The molecule has 0 amide bonds. The van der Waals surface area contributed by atoms with Crippen LogP contribution in [0.25, 0.3) is 15.9 Å². The Morgan fingerprint density at radius 3 is 2.87 bits per heavy atom. The van der Waals surface area contributed by atoms with Crippen molar-refractivity contribution in [1.82, 2.24) is 24.7 Å². The second-order valence-electron chi connectivity index (χ2n) is 7.59. The molecular weight excluding hydrogens is 398 g/mol. The molecule has 5 rings (SSSR count). The van der Waals surface area contributed by atoms with Crippen LogP contribution in [0.3, 0.4) is 0 Å². The molecule has 0 saturated heterocycles. The highest BCUT2D eigenvalue weighted by Gasteiger charge is 2.21. The minimum atomic E-state index is -0.174. The van der Waals surface area contributed by atoms with Gasteiger partial charge < -0.3 is 15.7 Å². The highest BCUT2D eigenvalue weighted by molar-refractivity contribution is 7.17. The summed E-state index contributed by atoms with van der Waals surface area (Å²) in [6, 6.07) is 6.20. The summed E-state index contributed by atoms with van der Waals surface area (Å²) in [4.78, 5) is 13.7. The van der Waals surface area contributed by atoms with Crippen LogP contribution >= 0.6 is 11.3 Å². The van der Waals surface area contributed by atoms with Gasteiger partial charge in [0.25, 0.3) is 0 Å². The fourth-order valence-electron chi connectivity index (χ4n) is 3.80. The molecule has 0 atom stereocenters. The van der Waals surface area contributed by atoms with Crippen molar-refractivity contribution in [2.45, 2.75) is 44.8 Å². The molecule has 4 aromatic heterocycles. The van der Waals surface area contributed by atoms with Crippen LogP contribution in [0, 0.1) is 6.92 Å². The predicted octanol–water partition coefficient (Wildman–Crippen LogP) is 4.04. The van der Waals surface area contributed by atoms with Gasteiger partial charge in [-0.3, -0.25) is 4.98 Å². The van der Waals surface area contributed by atoms with Gasteiger partial charge in [0.2, 0.25) is 5.95 Å². The Morgan fingerprint density at radius 2 is 2.03 bits per heavy atom. The van der Waals surface area contributed by atoms with E-state index in [1.54, 1.807) is 28.4 Å². The molecule has 3 N–H and O–H groups in total. The lowest BCUT2D eigenvalue weighted by molar-refractivity contribution is 0.126. The number of aliphatic hydroxyl groups excluding tert-OH is 1. The summed E-state index contributed by atoms with van der Waals surface area (Å²) in [6.07, 6.45) is 8.79. The molecule has 154 valence electrons. The molecule has 0 unspecified atom stereocenters. The zero-order chi connectivity index (χ0) is 20.5. The Kier molecular flexibility index (Phi) is 5.06. The molecule has 1 fully saturated rings. The zero-order valence-corrected chi connectivity index (χ0v) is 17.4. The van der Waals surface area contributed by atoms with E-state index in [-0.39, 0.29) is 6.10 Å². The van der Waals surface area contributed by atoms with Crippen molar-refractivity contribution >= 4 is 39.0 Å². The van der Waals surface area contributed by atoms with Gasteiger partial charge in [-0.2, -0.15) is 10.1 Å². The van der Waals surface area contributed by atoms with Crippen LogP contribution in [0.2, 0.25) is 0 Å². The van der Waals surface area contributed by atoms with Crippen LogP contribution in [-0.4, -0.2) is 42.0 Å². The van der Waals surface area contributed by atoms with Gasteiger partial charge in [0, 0.05) is 12.2 Å². The third kappa shape index (κ3) is 3.86. The molecular formula is C21H23N7OS. The number of fused-ring (bicyclic) bond motifs is 1. The average molecular weight is 422 g/mol. The first kappa shape index (κ1) is 19.0. The van der Waals surface area contributed by atoms with E-state index in [4.69, 9.17) is 4.98 Å². The van der Waals surface area contributed by atoms with E-state index in [9.17, 15) is 5.11 Å². The quantitative estimate of drug-likeness (QED) is 0.447. The van der Waals surface area contributed by atoms with Gasteiger partial charge in [0.15, 0.2) is 0 Å². The van der Waals surface area contributed by atoms with E-state index in [1.807, 2.05) is 36.7 Å². The fourth-order valence-corrected chi connectivity index (χ4v) is 4.58. The maximum atomic E-state index is 9.77. The van der Waals surface area contributed by atoms with Crippen molar-refractivity contribution in [3.05, 3.63) is 47.9 Å². The van der Waals surface area contributed by atoms with Gasteiger partial charge in [-0.15, -0.1) is 11.3 Å². The van der Waals surface area contributed by atoms with Gasteiger partial charge in [-0.25, -0.2) is 9.67 Å². The Morgan fingerprint density at radius 1 is 1.17 bits per heavy atom. The van der Waals surface area contributed by atoms with Crippen molar-refractivity contribution < 1.29 is 5.11 Å². The molecule has 0 aromatic carbocycles. The minimum Gasteiger partial charge on any atom is -0.393 e. The highest BCUT2D eigenvalue weighted by atomic mass is 32.1. The van der Waals surface area contributed by atoms with E-state index < -0.39 is 0 Å². The lowest BCUT2D eigenvalue weighted by Gasteiger charge is -2.26. The number of rotatable bonds is 5. The molecule has 0 aliphatic heterocycles. The summed E-state index contributed by atoms with van der Waals surface area (Å²) in [5.41, 5.74) is 3.56. The summed E-state index contributed by atoms with van der Waals surface area (Å²) in [6.45, 7) is 1.96. The smallest absolute Gasteiger partial charge is 0.229 e. The zero-order valence-electron chi connectivity index (χ0n) is 16.6. The van der Waals surface area contributed by atoms with Crippen molar-refractivity contribution in [3.8, 4) is 5.69 Å². The Bertz CT molecular complexity index is 1160. The molecule has 1 saturated carbocycles. The van der Waals surface area contributed by atoms with Gasteiger partial charge in [-0.05, 0) is 56.2 Å². The molecule has 8 nitrogen and oxygen atoms in total. The summed E-state index contributed by atoms with van der Waals surface area (Å²) in [5, 5.41) is 23.1. The molecule has 1 aliphatic rings. The Balaban J connectivity index is 1.39. The van der Waals surface area contributed by atoms with Crippen molar-refractivity contribution in [1.29, 1.82) is 0 Å². The standard InChI is InChI=1S/C21H23N7OS/c1-13-18(3-2-9-22-13)28-12-15(11-23-28)25-21-26-17-8-10-30-19(17)20(27-21)24-14-4-6-16(29)7-5-14/h2-3,8-12,14,16,29H,4-7H2,1H3,(H2,24,25,26,27)/t14-,16-. The lowest BCUT2D eigenvalue weighted by atomic mass is 9.93. The van der Waals surface area contributed by atoms with Crippen LogP contribution in [0.1, 0.15) is 31.4 Å². The van der Waals surface area contributed by atoms with E-state index in [2.05, 4.69) is 25.7 Å². The number of pyridine rings is 1. The number of aryl methyl sites for hydroxylation is 1. The SMILES string of the molecule is Cc1ncccc1-n1cc(Nc2nc(N[C@H]3CC[C@H](O)CC3)c3sccc3n2)cn1. The third-order valence-electron chi connectivity index (χ3n) is 5.41. The number of anilines is 3. The normalized spacial score (nSPS) is 19.1. The second-order valence-corrected chi connectivity index (χ2v) is 8.50. The molecule has 9 heteroatoms. The molecule has 1 aliphatic carbocycles. The maximum Gasteiger partial charge on any atom is 0.229 e. The number of aliphatic hydroxyl groups is 1. The Hall–Kier alpha value is -3.04. The first-order valence-electron chi connectivity index (χ1n) is 10.1. The number of hydrogen-bond acceptors (Lipinski definition) is 8. The monoisotopic (exact) mass is 421 g/mol. The number of thiophene rings is 1. The lowest BCUT2D eigenvalue weighted by Crippen LogP contribution is -2.28. The van der Waals surface area contributed by atoms with Crippen LogP contribution in [-0.2, 0) is 0 Å². The van der Waals surface area contributed by atoms with Gasteiger partial charge in [-0.1, -0.05) is 0 Å². The number of nitrogens with zero attached hydrogens (tertiary/aromatic N) is 5. The average Bonchev–Trinajstić information content (AvgIpc) is 3.40. The van der Waals surface area contributed by atoms with E-state index >= 15 is 0 Å². The third-order valence-corrected chi connectivity index (χ3v) is 6.32. The molecule has 30 heavy (non-hydrogen) atoms. The van der Waals surface area contributed by atoms with Crippen molar-refractivity contribution in [2.24, 2.45) is 0 Å². The summed E-state index contributed by atoms with van der Waals surface area (Å²) < 4.78 is 2.84. The predicted molar refractivity (Wildman–Crippen MR) is 119 cm³/mol. The van der Waals surface area contributed by atoms with Crippen LogP contribution in [0.15, 0.2) is 42.2 Å². The van der Waals surface area contributed by atoms with Gasteiger partial charge in [0.05, 0.1) is 45.8 Å². The first-order valence-corrected chi connectivity index (χ1v) is 11.0.